The second kappa shape index (κ2) is 4.19. The van der Waals surface area contributed by atoms with Gasteiger partial charge in [-0.15, -0.1) is 4.91 Å². The van der Waals surface area contributed by atoms with Crippen molar-refractivity contribution < 1.29 is 8.42 Å². The predicted octanol–water partition coefficient (Wildman–Crippen LogP) is 0.997. The van der Waals surface area contributed by atoms with Crippen LogP contribution in [0.4, 0.5) is 0 Å². The van der Waals surface area contributed by atoms with Gasteiger partial charge in [0.05, 0.1) is 10.2 Å². The average molecular weight is 214 g/mol. The molecule has 0 bridgehead atoms. The summed E-state index contributed by atoms with van der Waals surface area (Å²) in [7, 11) is -3.44. The van der Waals surface area contributed by atoms with Crippen molar-refractivity contribution in [2.75, 3.05) is 5.88 Å². The minimum absolute atomic E-state index is 0.180. The van der Waals surface area contributed by atoms with Gasteiger partial charge in [0, 0.05) is 0 Å². The molecule has 0 amide bonds. The maximum atomic E-state index is 11.4. The number of hydrogen-bond acceptors (Lipinski definition) is 4. The van der Waals surface area contributed by atoms with E-state index in [1.54, 1.807) is 12.1 Å². The lowest BCUT2D eigenvalue weighted by Crippen LogP contribution is -2.17. The van der Waals surface area contributed by atoms with Gasteiger partial charge in [0.2, 0.25) is 0 Å². The van der Waals surface area contributed by atoms with Crippen LogP contribution in [-0.2, 0) is 9.84 Å². The first kappa shape index (κ1) is 10.6. The van der Waals surface area contributed by atoms with Crippen molar-refractivity contribution in [2.45, 2.75) is 11.8 Å². The summed E-state index contributed by atoms with van der Waals surface area (Å²) in [6.45, 7) is 1.86. The Labute approximate surface area is 82.0 Å². The van der Waals surface area contributed by atoms with E-state index in [1.807, 2.05) is 12.3 Å². The predicted molar refractivity (Wildman–Crippen MR) is 52.2 cm³/mol. The summed E-state index contributed by atoms with van der Waals surface area (Å²) in [4.78, 5) is 9.89. The summed E-state index contributed by atoms with van der Waals surface area (Å²) in [5.74, 6) is -0.473. The average Bonchev–Trinajstić information content (AvgIpc) is 2.16. The molecule has 0 heterocycles. The van der Waals surface area contributed by atoms with Crippen molar-refractivity contribution in [2.24, 2.45) is 5.29 Å². The SMILES string of the molecule is Cc1ccc(S(=O)(=O)CNN=O)cc1. The van der Waals surface area contributed by atoms with Gasteiger partial charge in [-0.05, 0) is 19.1 Å². The van der Waals surface area contributed by atoms with E-state index < -0.39 is 15.7 Å². The molecule has 0 spiro atoms. The molecule has 1 rings (SSSR count). The number of nitroso groups, excluding NO2 is 1. The summed E-state index contributed by atoms with van der Waals surface area (Å²) in [5, 5.41) is 2.28. The molecule has 14 heavy (non-hydrogen) atoms. The van der Waals surface area contributed by atoms with E-state index in [9.17, 15) is 13.3 Å². The topological polar surface area (TPSA) is 75.6 Å². The molecule has 0 aliphatic carbocycles. The van der Waals surface area contributed by atoms with Crippen LogP contribution in [0.5, 0.6) is 0 Å². The van der Waals surface area contributed by atoms with Crippen LogP contribution in [0.1, 0.15) is 5.56 Å². The van der Waals surface area contributed by atoms with Crippen LogP contribution in [0.25, 0.3) is 0 Å². The van der Waals surface area contributed by atoms with Gasteiger partial charge in [0.15, 0.2) is 9.84 Å². The molecule has 0 aliphatic rings. The maximum Gasteiger partial charge on any atom is 0.197 e. The molecule has 0 unspecified atom stereocenters. The first-order valence-electron chi connectivity index (χ1n) is 3.91. The standard InChI is InChI=1S/C8H10N2O3S/c1-7-2-4-8(5-3-7)14(12,13)6-9-10-11/h2-5H,6H2,1H3,(H,9,11). The number of hydrogen-bond donors (Lipinski definition) is 1. The van der Waals surface area contributed by atoms with Gasteiger partial charge >= 0.3 is 0 Å². The zero-order valence-corrected chi connectivity index (χ0v) is 8.41. The van der Waals surface area contributed by atoms with Crippen molar-refractivity contribution in [3.8, 4) is 0 Å². The number of sulfone groups is 1. The minimum atomic E-state index is -3.44. The number of nitrogens with zero attached hydrogens (tertiary/aromatic N) is 1. The Morgan fingerprint density at radius 1 is 1.29 bits per heavy atom. The third-order valence-corrected chi connectivity index (χ3v) is 3.20. The van der Waals surface area contributed by atoms with Crippen LogP contribution in [0.15, 0.2) is 34.4 Å². The zero-order valence-electron chi connectivity index (χ0n) is 7.60. The molecule has 1 aromatic rings. The molecular weight excluding hydrogens is 204 g/mol. The third kappa shape index (κ3) is 2.53. The van der Waals surface area contributed by atoms with Crippen molar-refractivity contribution in [1.29, 1.82) is 0 Å². The molecule has 0 aliphatic heterocycles. The fourth-order valence-electron chi connectivity index (χ4n) is 0.940. The van der Waals surface area contributed by atoms with Crippen LogP contribution >= 0.6 is 0 Å². The van der Waals surface area contributed by atoms with Crippen molar-refractivity contribution in [3.63, 3.8) is 0 Å². The highest BCUT2D eigenvalue weighted by Gasteiger charge is 2.12. The maximum absolute atomic E-state index is 11.4. The number of rotatable bonds is 4. The van der Waals surface area contributed by atoms with E-state index >= 15 is 0 Å². The monoisotopic (exact) mass is 214 g/mol. The van der Waals surface area contributed by atoms with E-state index in [1.165, 1.54) is 12.1 Å². The van der Waals surface area contributed by atoms with Gasteiger partial charge in [-0.3, -0.25) is 5.43 Å². The number of aryl methyl sites for hydroxylation is 1. The van der Waals surface area contributed by atoms with E-state index in [0.717, 1.165) is 5.56 Å². The van der Waals surface area contributed by atoms with Crippen LogP contribution < -0.4 is 5.43 Å². The highest BCUT2D eigenvalue weighted by atomic mass is 32.2. The Morgan fingerprint density at radius 3 is 2.36 bits per heavy atom. The summed E-state index contributed by atoms with van der Waals surface area (Å²) in [5.41, 5.74) is 2.86. The summed E-state index contributed by atoms with van der Waals surface area (Å²) >= 11 is 0. The molecule has 6 heteroatoms. The van der Waals surface area contributed by atoms with E-state index in [4.69, 9.17) is 0 Å². The Hall–Kier alpha value is -1.43. The highest BCUT2D eigenvalue weighted by Crippen LogP contribution is 2.10. The van der Waals surface area contributed by atoms with Crippen molar-refractivity contribution in [1.82, 2.24) is 5.43 Å². The van der Waals surface area contributed by atoms with Gasteiger partial charge in [0.1, 0.15) is 5.88 Å². The molecule has 0 saturated heterocycles. The Kier molecular flexibility index (Phi) is 3.19. The summed E-state index contributed by atoms with van der Waals surface area (Å²) < 4.78 is 22.9. The summed E-state index contributed by atoms with van der Waals surface area (Å²) in [6.07, 6.45) is 0. The number of benzene rings is 1. The van der Waals surface area contributed by atoms with Crippen molar-refractivity contribution >= 4 is 9.84 Å². The highest BCUT2D eigenvalue weighted by molar-refractivity contribution is 7.91. The van der Waals surface area contributed by atoms with E-state index in [0.29, 0.717) is 0 Å². The second-order valence-corrected chi connectivity index (χ2v) is 4.81. The molecule has 0 saturated carbocycles. The fraction of sp³-hybridized carbons (Fsp3) is 0.250. The normalized spacial score (nSPS) is 10.9. The Morgan fingerprint density at radius 2 is 1.86 bits per heavy atom. The van der Waals surface area contributed by atoms with Gasteiger partial charge in [-0.2, -0.15) is 0 Å². The smallest absolute Gasteiger partial charge is 0.197 e. The molecular formula is C8H10N2O3S. The lowest BCUT2D eigenvalue weighted by molar-refractivity contribution is 0.589. The van der Waals surface area contributed by atoms with Gasteiger partial charge < -0.3 is 0 Å². The van der Waals surface area contributed by atoms with Crippen LogP contribution in [0.3, 0.4) is 0 Å². The quantitative estimate of drug-likeness (QED) is 0.599. The van der Waals surface area contributed by atoms with E-state index in [-0.39, 0.29) is 4.90 Å². The first-order valence-corrected chi connectivity index (χ1v) is 5.56. The van der Waals surface area contributed by atoms with Gasteiger partial charge in [0.25, 0.3) is 0 Å². The number of nitrogens with one attached hydrogen (secondary N) is 1. The van der Waals surface area contributed by atoms with Crippen LogP contribution in [0.2, 0.25) is 0 Å². The second-order valence-electron chi connectivity index (χ2n) is 2.82. The fourth-order valence-corrected chi connectivity index (χ4v) is 1.88. The van der Waals surface area contributed by atoms with Gasteiger partial charge in [-0.1, -0.05) is 17.7 Å². The molecule has 0 atom stereocenters. The van der Waals surface area contributed by atoms with E-state index in [2.05, 4.69) is 5.29 Å². The van der Waals surface area contributed by atoms with Crippen LogP contribution in [-0.4, -0.2) is 14.3 Å². The molecule has 0 aromatic heterocycles. The summed E-state index contributed by atoms with van der Waals surface area (Å²) in [6, 6.07) is 6.39. The van der Waals surface area contributed by atoms with Crippen molar-refractivity contribution in [3.05, 3.63) is 34.7 Å². The lowest BCUT2D eigenvalue weighted by atomic mass is 10.2. The molecule has 76 valence electrons. The first-order chi connectivity index (χ1) is 6.56. The molecule has 5 nitrogen and oxygen atoms in total. The molecule has 1 aromatic carbocycles. The largest absolute Gasteiger partial charge is 0.258 e. The molecule has 1 N–H and O–H groups in total. The van der Waals surface area contributed by atoms with Gasteiger partial charge in [-0.25, -0.2) is 8.42 Å². The third-order valence-electron chi connectivity index (χ3n) is 1.70. The van der Waals surface area contributed by atoms with Crippen LogP contribution in [0, 0.1) is 11.8 Å². The zero-order chi connectivity index (χ0) is 10.6. The minimum Gasteiger partial charge on any atom is -0.258 e. The Balaban J connectivity index is 2.93. The molecule has 0 radical (unpaired) electrons. The molecule has 0 fully saturated rings. The lowest BCUT2D eigenvalue weighted by Gasteiger charge is -2.02. The Bertz CT molecular complexity index is 411.